The van der Waals surface area contributed by atoms with Gasteiger partial charge in [-0.3, -0.25) is 9.59 Å². The first-order chi connectivity index (χ1) is 13.5. The van der Waals surface area contributed by atoms with Crippen molar-refractivity contribution in [2.45, 2.75) is 66.7 Å². The molecule has 0 bridgehead atoms. The predicted molar refractivity (Wildman–Crippen MR) is 118 cm³/mol. The lowest BCUT2D eigenvalue weighted by Gasteiger charge is -2.26. The largest absolute Gasteiger partial charge is 0.338 e. The van der Waals surface area contributed by atoms with Crippen LogP contribution in [0, 0.1) is 0 Å². The van der Waals surface area contributed by atoms with Gasteiger partial charge in [-0.05, 0) is 50.6 Å². The number of unbranched alkanes of at least 4 members (excludes halogenated alkanes) is 1. The van der Waals surface area contributed by atoms with Crippen LogP contribution in [0.5, 0.6) is 0 Å². The van der Waals surface area contributed by atoms with Crippen LogP contribution in [0.2, 0.25) is 0 Å². The fraction of sp³-hybridized carbons (Fsp3) is 0.652. The molecule has 0 aliphatic heterocycles. The van der Waals surface area contributed by atoms with Gasteiger partial charge in [-0.15, -0.1) is 0 Å². The summed E-state index contributed by atoms with van der Waals surface area (Å²) in [6.45, 7) is 14.7. The number of benzene rings is 1. The Bertz CT molecular complexity index is 612. The van der Waals surface area contributed by atoms with Gasteiger partial charge in [-0.1, -0.05) is 46.6 Å². The van der Waals surface area contributed by atoms with Crippen molar-refractivity contribution in [2.24, 2.45) is 0 Å². The zero-order valence-corrected chi connectivity index (χ0v) is 18.5. The Hall–Kier alpha value is -1.88. The molecule has 158 valence electrons. The zero-order chi connectivity index (χ0) is 20.9. The molecule has 0 saturated carbocycles. The third-order valence-electron chi connectivity index (χ3n) is 5.16. The van der Waals surface area contributed by atoms with E-state index in [9.17, 15) is 9.59 Å². The highest BCUT2D eigenvalue weighted by molar-refractivity contribution is 5.97. The minimum Gasteiger partial charge on any atom is -0.338 e. The molecule has 2 amide bonds. The smallest absolute Gasteiger partial charge is 0.253 e. The Labute approximate surface area is 171 Å². The highest BCUT2D eigenvalue weighted by Crippen LogP contribution is 2.21. The molecule has 0 heterocycles. The van der Waals surface area contributed by atoms with Crippen molar-refractivity contribution in [3.05, 3.63) is 29.3 Å². The van der Waals surface area contributed by atoms with Crippen LogP contribution in [0.4, 0.5) is 5.69 Å². The molecule has 0 aliphatic rings. The van der Waals surface area contributed by atoms with Gasteiger partial charge in [0.15, 0.2) is 0 Å². The van der Waals surface area contributed by atoms with Crippen molar-refractivity contribution in [1.82, 2.24) is 9.80 Å². The summed E-state index contributed by atoms with van der Waals surface area (Å²) >= 11 is 0. The van der Waals surface area contributed by atoms with Gasteiger partial charge >= 0.3 is 0 Å². The summed E-state index contributed by atoms with van der Waals surface area (Å²) in [6.07, 6.45) is 4.27. The van der Waals surface area contributed by atoms with Crippen LogP contribution >= 0.6 is 0 Å². The molecule has 1 N–H and O–H groups in total. The van der Waals surface area contributed by atoms with Crippen molar-refractivity contribution < 1.29 is 9.59 Å². The SMILES string of the molecule is CCCCC(=O)Nc1cc(C(=O)N(CC)CCN(CC)CC)ccc1CCC. The second-order valence-electron chi connectivity index (χ2n) is 7.19. The van der Waals surface area contributed by atoms with Gasteiger partial charge in [-0.25, -0.2) is 0 Å². The number of aryl methyl sites for hydroxylation is 1. The first-order valence-corrected chi connectivity index (χ1v) is 10.9. The van der Waals surface area contributed by atoms with Crippen LogP contribution in [0.1, 0.15) is 76.2 Å². The predicted octanol–water partition coefficient (Wildman–Crippen LogP) is 4.57. The van der Waals surface area contributed by atoms with Crippen LogP contribution in [0.25, 0.3) is 0 Å². The number of likely N-dealkylation sites (N-methyl/N-ethyl adjacent to an activating group) is 2. The van der Waals surface area contributed by atoms with Gasteiger partial charge < -0.3 is 15.1 Å². The van der Waals surface area contributed by atoms with Crippen LogP contribution in [0.3, 0.4) is 0 Å². The molecule has 0 atom stereocenters. The van der Waals surface area contributed by atoms with E-state index in [1.807, 2.05) is 30.0 Å². The minimum absolute atomic E-state index is 0.0256. The Balaban J connectivity index is 2.96. The first-order valence-electron chi connectivity index (χ1n) is 10.9. The van der Waals surface area contributed by atoms with E-state index in [0.717, 1.165) is 56.6 Å². The number of nitrogens with one attached hydrogen (secondary N) is 1. The zero-order valence-electron chi connectivity index (χ0n) is 18.5. The fourth-order valence-electron chi connectivity index (χ4n) is 3.25. The number of anilines is 1. The quantitative estimate of drug-likeness (QED) is 0.537. The summed E-state index contributed by atoms with van der Waals surface area (Å²) in [5.41, 5.74) is 2.52. The van der Waals surface area contributed by atoms with E-state index in [2.05, 4.69) is 37.9 Å². The van der Waals surface area contributed by atoms with E-state index >= 15 is 0 Å². The van der Waals surface area contributed by atoms with E-state index in [1.165, 1.54) is 0 Å². The van der Waals surface area contributed by atoms with Gasteiger partial charge in [0.05, 0.1) is 0 Å². The fourth-order valence-corrected chi connectivity index (χ4v) is 3.25. The number of carbonyl (C=O) groups excluding carboxylic acids is 2. The normalized spacial score (nSPS) is 10.9. The second-order valence-corrected chi connectivity index (χ2v) is 7.19. The van der Waals surface area contributed by atoms with E-state index in [-0.39, 0.29) is 11.8 Å². The second kappa shape index (κ2) is 13.3. The topological polar surface area (TPSA) is 52.7 Å². The van der Waals surface area contributed by atoms with Crippen LogP contribution in [-0.2, 0) is 11.2 Å². The lowest BCUT2D eigenvalue weighted by molar-refractivity contribution is -0.116. The Morgan fingerprint density at radius 1 is 0.929 bits per heavy atom. The molecule has 1 rings (SSSR count). The number of hydrogen-bond donors (Lipinski definition) is 1. The van der Waals surface area contributed by atoms with Gasteiger partial charge in [0.1, 0.15) is 0 Å². The molecular formula is C23H39N3O2. The highest BCUT2D eigenvalue weighted by Gasteiger charge is 2.17. The van der Waals surface area contributed by atoms with E-state index in [0.29, 0.717) is 25.1 Å². The molecule has 5 nitrogen and oxygen atoms in total. The van der Waals surface area contributed by atoms with Crippen molar-refractivity contribution >= 4 is 17.5 Å². The molecule has 0 unspecified atom stereocenters. The molecule has 0 radical (unpaired) electrons. The van der Waals surface area contributed by atoms with Gasteiger partial charge in [0, 0.05) is 37.3 Å². The van der Waals surface area contributed by atoms with Gasteiger partial charge in [-0.2, -0.15) is 0 Å². The summed E-state index contributed by atoms with van der Waals surface area (Å²) in [5, 5.41) is 3.03. The van der Waals surface area contributed by atoms with E-state index < -0.39 is 0 Å². The Kier molecular flexibility index (Phi) is 11.5. The third kappa shape index (κ3) is 7.63. The van der Waals surface area contributed by atoms with Gasteiger partial charge in [0.25, 0.3) is 5.91 Å². The van der Waals surface area contributed by atoms with Crippen molar-refractivity contribution in [2.75, 3.05) is 38.0 Å². The third-order valence-corrected chi connectivity index (χ3v) is 5.16. The summed E-state index contributed by atoms with van der Waals surface area (Å²) in [6, 6.07) is 5.75. The lowest BCUT2D eigenvalue weighted by Crippen LogP contribution is -2.38. The van der Waals surface area contributed by atoms with Crippen LogP contribution in [-0.4, -0.2) is 54.3 Å². The standard InChI is InChI=1S/C23H39N3O2/c1-6-11-13-22(27)24-21-18-20(15-14-19(21)12-7-2)23(28)26(10-5)17-16-25(8-3)9-4/h14-15,18H,6-13,16-17H2,1-5H3,(H,24,27). The maximum Gasteiger partial charge on any atom is 0.253 e. The molecule has 0 fully saturated rings. The number of amides is 2. The number of nitrogens with zero attached hydrogens (tertiary/aromatic N) is 2. The molecular weight excluding hydrogens is 350 g/mol. The van der Waals surface area contributed by atoms with Crippen molar-refractivity contribution in [3.8, 4) is 0 Å². The van der Waals surface area contributed by atoms with Gasteiger partial charge in [0.2, 0.25) is 5.91 Å². The average molecular weight is 390 g/mol. The summed E-state index contributed by atoms with van der Waals surface area (Å²) in [5.74, 6) is 0.0550. The molecule has 5 heteroatoms. The van der Waals surface area contributed by atoms with Crippen LogP contribution < -0.4 is 5.32 Å². The number of rotatable bonds is 13. The Morgan fingerprint density at radius 3 is 2.21 bits per heavy atom. The summed E-state index contributed by atoms with van der Waals surface area (Å²) in [7, 11) is 0. The highest BCUT2D eigenvalue weighted by atomic mass is 16.2. The lowest BCUT2D eigenvalue weighted by atomic mass is 10.0. The maximum absolute atomic E-state index is 13.0. The van der Waals surface area contributed by atoms with Crippen molar-refractivity contribution in [1.29, 1.82) is 0 Å². The van der Waals surface area contributed by atoms with E-state index in [1.54, 1.807) is 0 Å². The maximum atomic E-state index is 13.0. The molecule has 1 aromatic rings. The molecule has 0 aromatic heterocycles. The van der Waals surface area contributed by atoms with E-state index in [4.69, 9.17) is 0 Å². The molecule has 0 spiro atoms. The average Bonchev–Trinajstić information content (AvgIpc) is 2.71. The number of hydrogen-bond acceptors (Lipinski definition) is 3. The van der Waals surface area contributed by atoms with Crippen molar-refractivity contribution in [3.63, 3.8) is 0 Å². The molecule has 0 saturated heterocycles. The summed E-state index contributed by atoms with van der Waals surface area (Å²) in [4.78, 5) is 29.5. The van der Waals surface area contributed by atoms with Crippen LogP contribution in [0.15, 0.2) is 18.2 Å². The molecule has 28 heavy (non-hydrogen) atoms. The monoisotopic (exact) mass is 389 g/mol. The molecule has 0 aliphatic carbocycles. The Morgan fingerprint density at radius 2 is 1.64 bits per heavy atom. The molecule has 1 aromatic carbocycles. The summed E-state index contributed by atoms with van der Waals surface area (Å²) < 4.78 is 0. The number of carbonyl (C=O) groups is 2. The minimum atomic E-state index is 0.0256. The first kappa shape index (κ1) is 24.2.